The molecule has 0 radical (unpaired) electrons. The second-order valence-corrected chi connectivity index (χ2v) is 3.24. The first-order valence-corrected chi connectivity index (χ1v) is 4.66. The summed E-state index contributed by atoms with van der Waals surface area (Å²) in [6.07, 6.45) is 0.723. The number of rotatable bonds is 4. The van der Waals surface area contributed by atoms with Crippen LogP contribution in [0.2, 0.25) is 0 Å². The third kappa shape index (κ3) is 2.56. The molecule has 1 aromatic heterocycles. The van der Waals surface area contributed by atoms with Gasteiger partial charge in [0.05, 0.1) is 0 Å². The van der Waals surface area contributed by atoms with Gasteiger partial charge in [0.15, 0.2) is 0 Å². The molecule has 15 heavy (non-hydrogen) atoms. The summed E-state index contributed by atoms with van der Waals surface area (Å²) in [6, 6.07) is 4.19. The van der Waals surface area contributed by atoms with Crippen LogP contribution in [0, 0.1) is 0 Å². The summed E-state index contributed by atoms with van der Waals surface area (Å²) < 4.78 is 1.22. The van der Waals surface area contributed by atoms with Gasteiger partial charge in [0, 0.05) is 12.6 Å². The summed E-state index contributed by atoms with van der Waals surface area (Å²) in [6.45, 7) is 5.93. The van der Waals surface area contributed by atoms with Crippen molar-refractivity contribution in [3.8, 4) is 0 Å². The van der Waals surface area contributed by atoms with Gasteiger partial charge in [-0.2, -0.15) is 0 Å². The molecule has 0 fully saturated rings. The van der Waals surface area contributed by atoms with Crippen LogP contribution in [0.25, 0.3) is 0 Å². The molecule has 4 nitrogen and oxygen atoms in total. The normalized spacial score (nSPS) is 9.93. The lowest BCUT2D eigenvalue weighted by molar-refractivity contribution is 0.0684. The molecule has 1 heterocycles. The van der Waals surface area contributed by atoms with Crippen LogP contribution < -0.4 is 5.56 Å². The molecule has 1 rings (SSSR count). The maximum absolute atomic E-state index is 11.5. The van der Waals surface area contributed by atoms with Gasteiger partial charge in [-0.25, -0.2) is 4.79 Å². The van der Waals surface area contributed by atoms with E-state index in [4.69, 9.17) is 5.11 Å². The van der Waals surface area contributed by atoms with Gasteiger partial charge in [0.1, 0.15) is 5.69 Å². The fourth-order valence-electron chi connectivity index (χ4n) is 1.21. The van der Waals surface area contributed by atoms with Gasteiger partial charge in [0.2, 0.25) is 0 Å². The number of carbonyl (C=O) groups is 1. The van der Waals surface area contributed by atoms with E-state index >= 15 is 0 Å². The molecule has 0 aromatic carbocycles. The largest absolute Gasteiger partial charge is 0.477 e. The molecular weight excluding hydrogens is 194 g/mol. The Morgan fingerprint density at radius 2 is 2.20 bits per heavy atom. The van der Waals surface area contributed by atoms with Crippen molar-refractivity contribution in [2.24, 2.45) is 0 Å². The summed E-state index contributed by atoms with van der Waals surface area (Å²) in [5.74, 6) is -1.10. The lowest BCUT2D eigenvalue weighted by Crippen LogP contribution is -2.25. The highest BCUT2D eigenvalue weighted by Crippen LogP contribution is 2.03. The highest BCUT2D eigenvalue weighted by molar-refractivity contribution is 5.85. The van der Waals surface area contributed by atoms with Gasteiger partial charge in [-0.15, -0.1) is 0 Å². The molecule has 80 valence electrons. The van der Waals surface area contributed by atoms with Crippen LogP contribution in [0.4, 0.5) is 0 Å². The van der Waals surface area contributed by atoms with Crippen molar-refractivity contribution < 1.29 is 9.90 Å². The van der Waals surface area contributed by atoms with E-state index in [-0.39, 0.29) is 17.8 Å². The molecule has 0 atom stereocenters. The van der Waals surface area contributed by atoms with E-state index < -0.39 is 5.97 Å². The van der Waals surface area contributed by atoms with Gasteiger partial charge in [-0.3, -0.25) is 9.36 Å². The second-order valence-electron chi connectivity index (χ2n) is 3.24. The Morgan fingerprint density at radius 3 is 2.73 bits per heavy atom. The number of nitrogens with zero attached hydrogens (tertiary/aromatic N) is 1. The number of hydrogen-bond donors (Lipinski definition) is 1. The first-order valence-electron chi connectivity index (χ1n) is 4.66. The van der Waals surface area contributed by atoms with E-state index in [2.05, 4.69) is 6.58 Å². The first kappa shape index (κ1) is 11.2. The molecule has 0 aliphatic heterocycles. The van der Waals surface area contributed by atoms with E-state index in [0.29, 0.717) is 0 Å². The van der Waals surface area contributed by atoms with Gasteiger partial charge in [0.25, 0.3) is 5.56 Å². The molecule has 4 heteroatoms. The zero-order valence-corrected chi connectivity index (χ0v) is 8.56. The average Bonchev–Trinajstić information content (AvgIpc) is 2.20. The Hall–Kier alpha value is -1.84. The van der Waals surface area contributed by atoms with Crippen LogP contribution in [0.3, 0.4) is 0 Å². The zero-order valence-electron chi connectivity index (χ0n) is 8.56. The van der Waals surface area contributed by atoms with E-state index in [0.717, 1.165) is 12.0 Å². The lowest BCUT2D eigenvalue weighted by Gasteiger charge is -2.09. The van der Waals surface area contributed by atoms with Crippen LogP contribution in [-0.4, -0.2) is 15.6 Å². The van der Waals surface area contributed by atoms with Crippen molar-refractivity contribution >= 4 is 5.97 Å². The smallest absolute Gasteiger partial charge is 0.352 e. The molecular formula is C11H13NO3. The average molecular weight is 207 g/mol. The van der Waals surface area contributed by atoms with Crippen molar-refractivity contribution in [3.63, 3.8) is 0 Å². The van der Waals surface area contributed by atoms with Gasteiger partial charge in [-0.1, -0.05) is 25.1 Å². The lowest BCUT2D eigenvalue weighted by atomic mass is 10.2. The first-order chi connectivity index (χ1) is 7.06. The van der Waals surface area contributed by atoms with Gasteiger partial charge < -0.3 is 5.11 Å². The van der Waals surface area contributed by atoms with E-state index in [1.165, 1.54) is 22.8 Å². The van der Waals surface area contributed by atoms with Crippen molar-refractivity contribution in [3.05, 3.63) is 46.4 Å². The Morgan fingerprint density at radius 1 is 1.53 bits per heavy atom. The number of allylic oxidation sites excluding steroid dienone is 1. The summed E-state index contributed by atoms with van der Waals surface area (Å²) >= 11 is 0. The number of hydrogen-bond acceptors (Lipinski definition) is 2. The molecule has 0 aliphatic carbocycles. The minimum atomic E-state index is -1.10. The Labute approximate surface area is 87.5 Å². The molecule has 1 N–H and O–H groups in total. The monoisotopic (exact) mass is 207 g/mol. The second kappa shape index (κ2) is 4.59. The maximum atomic E-state index is 11.5. The Kier molecular flexibility index (Phi) is 3.44. The predicted octanol–water partition coefficient (Wildman–Crippen LogP) is 1.51. The van der Waals surface area contributed by atoms with Crippen molar-refractivity contribution in [1.29, 1.82) is 0 Å². The van der Waals surface area contributed by atoms with Crippen LogP contribution >= 0.6 is 0 Å². The van der Waals surface area contributed by atoms with Crippen molar-refractivity contribution in [2.45, 2.75) is 19.9 Å². The van der Waals surface area contributed by atoms with Crippen LogP contribution in [0.1, 0.15) is 23.8 Å². The van der Waals surface area contributed by atoms with Crippen LogP contribution in [-0.2, 0) is 6.54 Å². The molecule has 0 aliphatic rings. The summed E-state index contributed by atoms with van der Waals surface area (Å²) in [4.78, 5) is 22.3. The highest BCUT2D eigenvalue weighted by Gasteiger charge is 2.10. The minimum Gasteiger partial charge on any atom is -0.477 e. The SMILES string of the molecule is C=C(CC)Cn1c(C(=O)O)cccc1=O. The molecule has 0 unspecified atom stereocenters. The standard InChI is InChI=1S/C11H13NO3/c1-3-8(2)7-12-9(11(14)15)5-4-6-10(12)13/h4-6H,2-3,7H2,1H3,(H,14,15). The van der Waals surface area contributed by atoms with Crippen LogP contribution in [0.5, 0.6) is 0 Å². The maximum Gasteiger partial charge on any atom is 0.352 e. The fourth-order valence-corrected chi connectivity index (χ4v) is 1.21. The minimum absolute atomic E-state index is 0.00269. The van der Waals surface area contributed by atoms with E-state index in [9.17, 15) is 9.59 Å². The Bertz CT molecular complexity index is 445. The van der Waals surface area contributed by atoms with Crippen molar-refractivity contribution in [2.75, 3.05) is 0 Å². The zero-order chi connectivity index (χ0) is 11.4. The van der Waals surface area contributed by atoms with Gasteiger partial charge >= 0.3 is 5.97 Å². The molecule has 1 aromatic rings. The predicted molar refractivity (Wildman–Crippen MR) is 57.1 cm³/mol. The topological polar surface area (TPSA) is 59.3 Å². The summed E-state index contributed by atoms with van der Waals surface area (Å²) in [7, 11) is 0. The quantitative estimate of drug-likeness (QED) is 0.761. The number of carboxylic acids is 1. The number of pyridine rings is 1. The van der Waals surface area contributed by atoms with Gasteiger partial charge in [-0.05, 0) is 12.5 Å². The third-order valence-corrected chi connectivity index (χ3v) is 2.15. The number of aromatic nitrogens is 1. The van der Waals surface area contributed by atoms with E-state index in [1.807, 2.05) is 6.92 Å². The number of aromatic carboxylic acids is 1. The summed E-state index contributed by atoms with van der Waals surface area (Å²) in [5, 5.41) is 8.89. The Balaban J connectivity index is 3.19. The summed E-state index contributed by atoms with van der Waals surface area (Å²) in [5.41, 5.74) is 0.507. The molecule has 0 spiro atoms. The molecule has 0 saturated heterocycles. The van der Waals surface area contributed by atoms with Crippen molar-refractivity contribution in [1.82, 2.24) is 4.57 Å². The molecule has 0 amide bonds. The third-order valence-electron chi connectivity index (χ3n) is 2.15. The van der Waals surface area contributed by atoms with E-state index in [1.54, 1.807) is 0 Å². The number of carboxylic acid groups (broad SMARTS) is 1. The molecule has 0 saturated carbocycles. The fraction of sp³-hybridized carbons (Fsp3) is 0.273. The highest BCUT2D eigenvalue weighted by atomic mass is 16.4. The van der Waals surface area contributed by atoms with Crippen LogP contribution in [0.15, 0.2) is 35.1 Å². The molecule has 0 bridgehead atoms.